The Bertz CT molecular complexity index is 479. The molecule has 1 heterocycles. The summed E-state index contributed by atoms with van der Waals surface area (Å²) >= 11 is 4.37. The van der Waals surface area contributed by atoms with Crippen molar-refractivity contribution in [3.63, 3.8) is 0 Å². The molecule has 0 atom stereocenters. The topological polar surface area (TPSA) is 66.4 Å². The summed E-state index contributed by atoms with van der Waals surface area (Å²) in [6, 6.07) is 1.71. The Kier molecular flexibility index (Phi) is 3.42. The van der Waals surface area contributed by atoms with Crippen molar-refractivity contribution < 1.29 is 13.5 Å². The molecule has 1 fully saturated rings. The molecule has 0 saturated heterocycles. The smallest absolute Gasteiger partial charge is 0.251 e. The highest BCUT2D eigenvalue weighted by atomic mass is 79.9. The maximum Gasteiger partial charge on any atom is 0.251 e. The van der Waals surface area contributed by atoms with E-state index in [-0.39, 0.29) is 12.0 Å². The highest BCUT2D eigenvalue weighted by molar-refractivity contribution is 9.10. The summed E-state index contributed by atoms with van der Waals surface area (Å²) in [5.41, 5.74) is -0.212. The molecule has 1 aliphatic carbocycles. The number of thiophene rings is 1. The average Bonchev–Trinajstić information content (AvgIpc) is 2.91. The lowest BCUT2D eigenvalue weighted by Gasteiger charge is -2.12. The molecule has 0 aromatic carbocycles. The summed E-state index contributed by atoms with van der Waals surface area (Å²) in [4.78, 5) is 0. The van der Waals surface area contributed by atoms with E-state index in [2.05, 4.69) is 20.7 Å². The van der Waals surface area contributed by atoms with Crippen molar-refractivity contribution in [1.29, 1.82) is 0 Å². The molecule has 0 unspecified atom stereocenters. The van der Waals surface area contributed by atoms with Crippen LogP contribution in [0.1, 0.15) is 12.8 Å². The van der Waals surface area contributed by atoms with Gasteiger partial charge in [-0.1, -0.05) is 0 Å². The fourth-order valence-electron chi connectivity index (χ4n) is 1.35. The van der Waals surface area contributed by atoms with Gasteiger partial charge < -0.3 is 5.11 Å². The van der Waals surface area contributed by atoms with Crippen molar-refractivity contribution in [3.05, 3.63) is 15.9 Å². The van der Waals surface area contributed by atoms with Crippen LogP contribution >= 0.6 is 27.3 Å². The number of sulfonamides is 1. The third-order valence-corrected chi connectivity index (χ3v) is 6.83. The Labute approximate surface area is 107 Å². The fraction of sp³-hybridized carbons (Fsp3) is 0.556. The number of hydrogen-bond donors (Lipinski definition) is 2. The second-order valence-electron chi connectivity index (χ2n) is 4.04. The zero-order valence-corrected chi connectivity index (χ0v) is 11.7. The van der Waals surface area contributed by atoms with Gasteiger partial charge in [-0.05, 0) is 40.2 Å². The highest BCUT2D eigenvalue weighted by Gasteiger charge is 2.42. The molecule has 4 nitrogen and oxygen atoms in total. The molecule has 16 heavy (non-hydrogen) atoms. The van der Waals surface area contributed by atoms with Crippen LogP contribution in [0.5, 0.6) is 0 Å². The Morgan fingerprint density at radius 3 is 2.69 bits per heavy atom. The second-order valence-corrected chi connectivity index (χ2v) is 7.77. The standard InChI is InChI=1S/C9H12BrNO3S2/c10-7-1-4-15-8(7)16(13,14)11-5-9(6-12)2-3-9/h1,4,11-12H,2-3,5-6H2. The third-order valence-electron chi connectivity index (χ3n) is 2.76. The quantitative estimate of drug-likeness (QED) is 0.863. The van der Waals surface area contributed by atoms with Crippen molar-refractivity contribution in [1.82, 2.24) is 4.72 Å². The molecule has 1 aromatic rings. The van der Waals surface area contributed by atoms with Crippen LogP contribution in [0.3, 0.4) is 0 Å². The zero-order chi connectivity index (χ0) is 11.8. The lowest BCUT2D eigenvalue weighted by Crippen LogP contribution is -2.31. The normalized spacial score (nSPS) is 18.6. The number of rotatable bonds is 5. The van der Waals surface area contributed by atoms with E-state index >= 15 is 0 Å². The maximum atomic E-state index is 11.9. The van der Waals surface area contributed by atoms with Gasteiger partial charge >= 0.3 is 0 Å². The van der Waals surface area contributed by atoms with E-state index in [1.165, 1.54) is 11.3 Å². The number of hydrogen-bond acceptors (Lipinski definition) is 4. The van der Waals surface area contributed by atoms with Crippen LogP contribution in [0.2, 0.25) is 0 Å². The van der Waals surface area contributed by atoms with E-state index in [0.29, 0.717) is 15.2 Å². The molecule has 2 N–H and O–H groups in total. The van der Waals surface area contributed by atoms with Gasteiger partial charge in [-0.2, -0.15) is 0 Å². The first kappa shape index (κ1) is 12.5. The minimum atomic E-state index is -3.44. The largest absolute Gasteiger partial charge is 0.396 e. The molecule has 1 saturated carbocycles. The Morgan fingerprint density at radius 1 is 1.56 bits per heavy atom. The summed E-state index contributed by atoms with van der Waals surface area (Å²) in [6.07, 6.45) is 1.77. The van der Waals surface area contributed by atoms with E-state index < -0.39 is 10.0 Å². The highest BCUT2D eigenvalue weighted by Crippen LogP contribution is 2.44. The molecule has 1 aromatic heterocycles. The van der Waals surface area contributed by atoms with Crippen LogP contribution in [0.4, 0.5) is 0 Å². The van der Waals surface area contributed by atoms with Gasteiger partial charge in [0.15, 0.2) is 0 Å². The number of aliphatic hydroxyl groups is 1. The first-order valence-electron chi connectivity index (χ1n) is 4.83. The van der Waals surface area contributed by atoms with Gasteiger partial charge in [-0.25, -0.2) is 13.1 Å². The van der Waals surface area contributed by atoms with Crippen molar-refractivity contribution >= 4 is 37.3 Å². The number of nitrogens with one attached hydrogen (secondary N) is 1. The minimum Gasteiger partial charge on any atom is -0.396 e. The molecule has 7 heteroatoms. The van der Waals surface area contributed by atoms with Crippen LogP contribution in [-0.2, 0) is 10.0 Å². The minimum absolute atomic E-state index is 0.0428. The van der Waals surface area contributed by atoms with Gasteiger partial charge in [0.1, 0.15) is 4.21 Å². The molecule has 90 valence electrons. The lowest BCUT2D eigenvalue weighted by molar-refractivity contribution is 0.213. The zero-order valence-electron chi connectivity index (χ0n) is 8.44. The van der Waals surface area contributed by atoms with E-state index in [1.807, 2.05) is 0 Å². The summed E-state index contributed by atoms with van der Waals surface area (Å²) in [5.74, 6) is 0. The molecular formula is C9H12BrNO3S2. The van der Waals surface area contributed by atoms with E-state index in [0.717, 1.165) is 12.8 Å². The fourth-order valence-corrected chi connectivity index (χ4v) is 4.89. The van der Waals surface area contributed by atoms with Crippen molar-refractivity contribution in [3.8, 4) is 0 Å². The predicted octanol–water partition coefficient (Wildman–Crippen LogP) is 1.56. The number of aliphatic hydroxyl groups excluding tert-OH is 1. The SMILES string of the molecule is O=S(=O)(NCC1(CO)CC1)c1sccc1Br. The molecular weight excluding hydrogens is 314 g/mol. The van der Waals surface area contributed by atoms with Crippen LogP contribution < -0.4 is 4.72 Å². The van der Waals surface area contributed by atoms with Gasteiger partial charge in [-0.3, -0.25) is 0 Å². The van der Waals surface area contributed by atoms with E-state index in [1.54, 1.807) is 11.4 Å². The third kappa shape index (κ3) is 2.48. The van der Waals surface area contributed by atoms with Crippen molar-refractivity contribution in [2.24, 2.45) is 5.41 Å². The van der Waals surface area contributed by atoms with Gasteiger partial charge in [0.25, 0.3) is 10.0 Å². The van der Waals surface area contributed by atoms with E-state index in [4.69, 9.17) is 5.11 Å². The summed E-state index contributed by atoms with van der Waals surface area (Å²) in [6.45, 7) is 0.358. The van der Waals surface area contributed by atoms with Crippen LogP contribution in [0, 0.1) is 5.41 Å². The molecule has 2 rings (SSSR count). The lowest BCUT2D eigenvalue weighted by atomic mass is 10.1. The molecule has 0 bridgehead atoms. The van der Waals surface area contributed by atoms with Crippen LogP contribution in [0.15, 0.2) is 20.1 Å². The Balaban J connectivity index is 2.07. The van der Waals surface area contributed by atoms with Gasteiger partial charge in [0.05, 0.1) is 0 Å². The first-order chi connectivity index (χ1) is 7.49. The Morgan fingerprint density at radius 2 is 2.25 bits per heavy atom. The summed E-state index contributed by atoms with van der Waals surface area (Å²) in [5, 5.41) is 10.8. The molecule has 0 radical (unpaired) electrons. The number of halogens is 1. The molecule has 0 spiro atoms. The van der Waals surface area contributed by atoms with Crippen LogP contribution in [0.25, 0.3) is 0 Å². The average molecular weight is 326 g/mol. The van der Waals surface area contributed by atoms with Gasteiger partial charge in [0, 0.05) is 23.0 Å². The summed E-state index contributed by atoms with van der Waals surface area (Å²) in [7, 11) is -3.44. The monoisotopic (exact) mass is 325 g/mol. The second kappa shape index (κ2) is 4.38. The summed E-state index contributed by atoms with van der Waals surface area (Å²) < 4.78 is 27.2. The van der Waals surface area contributed by atoms with Crippen LogP contribution in [-0.4, -0.2) is 26.7 Å². The predicted molar refractivity (Wildman–Crippen MR) is 66.0 cm³/mol. The van der Waals surface area contributed by atoms with Crippen molar-refractivity contribution in [2.75, 3.05) is 13.2 Å². The van der Waals surface area contributed by atoms with Crippen molar-refractivity contribution in [2.45, 2.75) is 17.1 Å². The molecule has 0 aliphatic heterocycles. The van der Waals surface area contributed by atoms with Gasteiger partial charge in [-0.15, -0.1) is 11.3 Å². The first-order valence-corrected chi connectivity index (χ1v) is 7.98. The maximum absolute atomic E-state index is 11.9. The van der Waals surface area contributed by atoms with E-state index in [9.17, 15) is 8.42 Å². The Hall–Kier alpha value is 0.0500. The van der Waals surface area contributed by atoms with Gasteiger partial charge in [0.2, 0.25) is 0 Å². The molecule has 0 amide bonds. The molecule has 1 aliphatic rings.